The predicted octanol–water partition coefficient (Wildman–Crippen LogP) is 0.839. The summed E-state index contributed by atoms with van der Waals surface area (Å²) >= 11 is 0. The molecule has 3 rings (SSSR count). The third-order valence-electron chi connectivity index (χ3n) is 2.42. The van der Waals surface area contributed by atoms with E-state index in [9.17, 15) is 0 Å². The molecule has 0 aliphatic heterocycles. The van der Waals surface area contributed by atoms with Crippen molar-refractivity contribution in [2.24, 2.45) is 0 Å². The van der Waals surface area contributed by atoms with Crippen molar-refractivity contribution >= 4 is 5.82 Å². The van der Waals surface area contributed by atoms with Crippen LogP contribution >= 0.6 is 0 Å². The summed E-state index contributed by atoms with van der Waals surface area (Å²) in [6.07, 6.45) is 5.03. The average molecular weight is 227 g/mol. The SMILES string of the molecule is Nc1n[nH]c(-c2cn[nH]n2)c1-c1cccnc1. The van der Waals surface area contributed by atoms with Gasteiger partial charge in [-0.3, -0.25) is 10.1 Å². The molecule has 0 saturated carbocycles. The van der Waals surface area contributed by atoms with Crippen molar-refractivity contribution in [1.82, 2.24) is 30.6 Å². The molecule has 0 aromatic carbocycles. The van der Waals surface area contributed by atoms with Crippen LogP contribution < -0.4 is 5.73 Å². The molecule has 84 valence electrons. The topological polar surface area (TPSA) is 109 Å². The number of nitrogens with one attached hydrogen (secondary N) is 2. The number of anilines is 1. The molecule has 4 N–H and O–H groups in total. The van der Waals surface area contributed by atoms with Crippen LogP contribution in [0.1, 0.15) is 0 Å². The number of nitrogen functional groups attached to an aromatic ring is 1. The average Bonchev–Trinajstić information content (AvgIpc) is 2.98. The second-order valence-corrected chi connectivity index (χ2v) is 3.46. The minimum Gasteiger partial charge on any atom is -0.382 e. The van der Waals surface area contributed by atoms with Gasteiger partial charge in [-0.25, -0.2) is 0 Å². The van der Waals surface area contributed by atoms with Gasteiger partial charge >= 0.3 is 0 Å². The largest absolute Gasteiger partial charge is 0.382 e. The van der Waals surface area contributed by atoms with Crippen LogP contribution in [-0.2, 0) is 0 Å². The van der Waals surface area contributed by atoms with Gasteiger partial charge in [-0.05, 0) is 6.07 Å². The highest BCUT2D eigenvalue weighted by Crippen LogP contribution is 2.32. The van der Waals surface area contributed by atoms with Gasteiger partial charge in [-0.15, -0.1) is 0 Å². The van der Waals surface area contributed by atoms with Crippen molar-refractivity contribution in [3.63, 3.8) is 0 Å². The van der Waals surface area contributed by atoms with Gasteiger partial charge in [0.1, 0.15) is 5.69 Å². The fraction of sp³-hybridized carbons (Fsp3) is 0. The Hall–Kier alpha value is -2.70. The van der Waals surface area contributed by atoms with Crippen LogP contribution in [-0.4, -0.2) is 30.6 Å². The number of H-pyrrole nitrogens is 2. The Morgan fingerprint density at radius 1 is 1.18 bits per heavy atom. The third-order valence-corrected chi connectivity index (χ3v) is 2.42. The zero-order chi connectivity index (χ0) is 11.7. The van der Waals surface area contributed by atoms with E-state index in [2.05, 4.69) is 30.6 Å². The third kappa shape index (κ3) is 1.53. The van der Waals surface area contributed by atoms with Crippen molar-refractivity contribution in [1.29, 1.82) is 0 Å². The summed E-state index contributed by atoms with van der Waals surface area (Å²) in [5.41, 5.74) is 8.91. The summed E-state index contributed by atoms with van der Waals surface area (Å²) in [5, 5.41) is 17.2. The smallest absolute Gasteiger partial charge is 0.153 e. The molecule has 0 aliphatic rings. The molecular weight excluding hydrogens is 218 g/mol. The summed E-state index contributed by atoms with van der Waals surface area (Å²) in [6.45, 7) is 0. The highest BCUT2D eigenvalue weighted by molar-refractivity contribution is 5.85. The van der Waals surface area contributed by atoms with Gasteiger partial charge < -0.3 is 5.73 Å². The molecular formula is C10H9N7. The van der Waals surface area contributed by atoms with E-state index in [1.54, 1.807) is 18.6 Å². The Balaban J connectivity index is 2.20. The van der Waals surface area contributed by atoms with Crippen molar-refractivity contribution in [3.05, 3.63) is 30.7 Å². The Labute approximate surface area is 96.1 Å². The number of nitrogens with two attached hydrogens (primary N) is 1. The van der Waals surface area contributed by atoms with Crippen molar-refractivity contribution in [3.8, 4) is 22.5 Å². The molecule has 3 aromatic heterocycles. The summed E-state index contributed by atoms with van der Waals surface area (Å²) in [4.78, 5) is 4.06. The zero-order valence-electron chi connectivity index (χ0n) is 8.75. The van der Waals surface area contributed by atoms with E-state index in [1.807, 2.05) is 12.1 Å². The van der Waals surface area contributed by atoms with Gasteiger partial charge in [0, 0.05) is 18.0 Å². The molecule has 0 spiro atoms. The lowest BCUT2D eigenvalue weighted by molar-refractivity contribution is 0.940. The maximum atomic E-state index is 5.85. The van der Waals surface area contributed by atoms with Gasteiger partial charge in [0.15, 0.2) is 5.82 Å². The molecule has 0 unspecified atom stereocenters. The number of aromatic amines is 2. The normalized spacial score (nSPS) is 10.6. The maximum Gasteiger partial charge on any atom is 0.153 e. The monoisotopic (exact) mass is 227 g/mol. The number of nitrogens with zero attached hydrogens (tertiary/aromatic N) is 4. The van der Waals surface area contributed by atoms with Crippen LogP contribution in [0, 0.1) is 0 Å². The predicted molar refractivity (Wildman–Crippen MR) is 61.6 cm³/mol. The van der Waals surface area contributed by atoms with Gasteiger partial charge in [-0.2, -0.15) is 20.5 Å². The minimum absolute atomic E-state index is 0.413. The molecule has 0 saturated heterocycles. The van der Waals surface area contributed by atoms with Crippen LogP contribution in [0.2, 0.25) is 0 Å². The minimum atomic E-state index is 0.413. The fourth-order valence-corrected chi connectivity index (χ4v) is 1.67. The van der Waals surface area contributed by atoms with Gasteiger partial charge in [0.05, 0.1) is 17.5 Å². The Morgan fingerprint density at radius 3 is 2.82 bits per heavy atom. The van der Waals surface area contributed by atoms with Crippen LogP contribution in [0.5, 0.6) is 0 Å². The molecule has 0 fully saturated rings. The molecule has 17 heavy (non-hydrogen) atoms. The van der Waals surface area contributed by atoms with Crippen molar-refractivity contribution in [2.45, 2.75) is 0 Å². The molecule has 0 amide bonds. The second-order valence-electron chi connectivity index (χ2n) is 3.46. The van der Waals surface area contributed by atoms with E-state index in [-0.39, 0.29) is 0 Å². The van der Waals surface area contributed by atoms with E-state index >= 15 is 0 Å². The van der Waals surface area contributed by atoms with Crippen LogP contribution in [0.25, 0.3) is 22.5 Å². The second kappa shape index (κ2) is 3.71. The van der Waals surface area contributed by atoms with Gasteiger partial charge in [-0.1, -0.05) is 6.07 Å². The molecule has 7 nitrogen and oxygen atoms in total. The first kappa shape index (κ1) is 9.52. The lowest BCUT2D eigenvalue weighted by atomic mass is 10.1. The molecule has 3 heterocycles. The first-order valence-corrected chi connectivity index (χ1v) is 4.96. The molecule has 3 aromatic rings. The Bertz CT molecular complexity index is 611. The summed E-state index contributed by atoms with van der Waals surface area (Å²) < 4.78 is 0. The quantitative estimate of drug-likeness (QED) is 0.601. The standard InChI is InChI=1S/C10H9N7/c11-10-8(6-2-1-3-12-4-6)9(15-16-10)7-5-13-17-14-7/h1-5H,(H3,11,15,16)(H,13,14,17). The van der Waals surface area contributed by atoms with E-state index < -0.39 is 0 Å². The zero-order valence-corrected chi connectivity index (χ0v) is 8.75. The fourth-order valence-electron chi connectivity index (χ4n) is 1.67. The number of rotatable bonds is 2. The molecule has 0 radical (unpaired) electrons. The van der Waals surface area contributed by atoms with Gasteiger partial charge in [0.25, 0.3) is 0 Å². The lowest BCUT2D eigenvalue weighted by Crippen LogP contribution is -1.89. The summed E-state index contributed by atoms with van der Waals surface area (Å²) in [5.74, 6) is 0.413. The van der Waals surface area contributed by atoms with E-state index in [1.165, 1.54) is 0 Å². The number of pyridine rings is 1. The Kier molecular flexibility index (Phi) is 2.08. The van der Waals surface area contributed by atoms with Crippen molar-refractivity contribution in [2.75, 3.05) is 5.73 Å². The number of hydrogen-bond donors (Lipinski definition) is 3. The lowest BCUT2D eigenvalue weighted by Gasteiger charge is -2.00. The molecule has 0 bridgehead atoms. The van der Waals surface area contributed by atoms with Crippen LogP contribution in [0.4, 0.5) is 5.82 Å². The van der Waals surface area contributed by atoms with Crippen molar-refractivity contribution < 1.29 is 0 Å². The number of aromatic nitrogens is 6. The van der Waals surface area contributed by atoms with E-state index in [4.69, 9.17) is 5.73 Å². The first-order chi connectivity index (χ1) is 8.36. The summed E-state index contributed by atoms with van der Waals surface area (Å²) in [7, 11) is 0. The first-order valence-electron chi connectivity index (χ1n) is 4.96. The van der Waals surface area contributed by atoms with Gasteiger partial charge in [0.2, 0.25) is 0 Å². The molecule has 7 heteroatoms. The summed E-state index contributed by atoms with van der Waals surface area (Å²) in [6, 6.07) is 3.76. The highest BCUT2D eigenvalue weighted by Gasteiger charge is 2.16. The highest BCUT2D eigenvalue weighted by atomic mass is 15.3. The van der Waals surface area contributed by atoms with Crippen LogP contribution in [0.3, 0.4) is 0 Å². The molecule has 0 atom stereocenters. The Morgan fingerprint density at radius 2 is 2.12 bits per heavy atom. The number of hydrogen-bond acceptors (Lipinski definition) is 5. The van der Waals surface area contributed by atoms with E-state index in [0.29, 0.717) is 11.5 Å². The van der Waals surface area contributed by atoms with E-state index in [0.717, 1.165) is 16.8 Å². The van der Waals surface area contributed by atoms with Crippen LogP contribution in [0.15, 0.2) is 30.7 Å². The molecule has 0 aliphatic carbocycles. The maximum absolute atomic E-state index is 5.85.